The van der Waals surface area contributed by atoms with E-state index in [1.165, 1.54) is 19.3 Å². The Labute approximate surface area is 161 Å². The molecule has 0 bridgehead atoms. The van der Waals surface area contributed by atoms with Crippen LogP contribution in [-0.2, 0) is 31.3 Å². The van der Waals surface area contributed by atoms with Crippen LogP contribution in [0.15, 0.2) is 0 Å². The highest BCUT2D eigenvalue weighted by atomic mass is 28.4. The topological polar surface area (TPSA) is 93.9 Å². The summed E-state index contributed by atoms with van der Waals surface area (Å²) in [5.41, 5.74) is 5.36. The van der Waals surface area contributed by atoms with Crippen LogP contribution < -0.4 is 5.73 Å². The minimum absolute atomic E-state index is 0.555. The first-order valence-corrected chi connectivity index (χ1v) is 13.0. The maximum absolute atomic E-state index is 5.36. The molecule has 0 amide bonds. The average molecular weight is 414 g/mol. The van der Waals surface area contributed by atoms with Crippen molar-refractivity contribution in [3.63, 3.8) is 0 Å². The van der Waals surface area contributed by atoms with Crippen molar-refractivity contribution in [1.82, 2.24) is 0 Å². The van der Waals surface area contributed by atoms with Crippen molar-refractivity contribution in [3.8, 4) is 0 Å². The number of hydrogen-bond donors (Lipinski definition) is 1. The van der Waals surface area contributed by atoms with Crippen molar-refractivity contribution in [2.45, 2.75) is 50.3 Å². The van der Waals surface area contributed by atoms with E-state index in [1.807, 2.05) is 0 Å². The fraction of sp³-hybridized carbons (Fsp3) is 1.00. The van der Waals surface area contributed by atoms with Gasteiger partial charge in [0.1, 0.15) is 0 Å². The standard InChI is InChI=1S/C10H22O4Si.C6H17NO3Si/c1-11-15(12-2,13-3)8-6-4-5-7-10-9-14-10;1-8-11(9-2,10-3)6-4-5-7/h10H,4-9H2,1-3H3;4-7H2,1-3H3. The predicted molar refractivity (Wildman–Crippen MR) is 105 cm³/mol. The van der Waals surface area contributed by atoms with Crippen LogP contribution in [0.3, 0.4) is 0 Å². The quantitative estimate of drug-likeness (QED) is 0.248. The molecule has 1 aliphatic rings. The molecule has 1 aliphatic heterocycles. The van der Waals surface area contributed by atoms with Gasteiger partial charge in [-0.15, -0.1) is 0 Å². The van der Waals surface area contributed by atoms with Gasteiger partial charge in [0, 0.05) is 54.7 Å². The van der Waals surface area contributed by atoms with Crippen molar-refractivity contribution in [2.75, 3.05) is 55.8 Å². The molecule has 1 rings (SSSR count). The summed E-state index contributed by atoms with van der Waals surface area (Å²) >= 11 is 0. The van der Waals surface area contributed by atoms with Crippen LogP contribution in [0.4, 0.5) is 0 Å². The van der Waals surface area contributed by atoms with Crippen LogP contribution in [-0.4, -0.2) is 79.5 Å². The zero-order chi connectivity index (χ0) is 19.9. The van der Waals surface area contributed by atoms with Gasteiger partial charge in [0.2, 0.25) is 0 Å². The predicted octanol–water partition coefficient (Wildman–Crippen LogP) is 2.04. The molecule has 1 atom stereocenters. The molecule has 0 spiro atoms. The fourth-order valence-corrected chi connectivity index (χ4v) is 6.10. The van der Waals surface area contributed by atoms with Gasteiger partial charge >= 0.3 is 17.6 Å². The molecular formula is C16H39NO7Si2. The molecule has 0 aromatic rings. The maximum Gasteiger partial charge on any atom is 0.500 e. The van der Waals surface area contributed by atoms with E-state index in [9.17, 15) is 0 Å². The van der Waals surface area contributed by atoms with Crippen molar-refractivity contribution >= 4 is 17.6 Å². The molecule has 1 saturated heterocycles. The number of unbranched alkanes of at least 4 members (excludes halogenated alkanes) is 2. The third-order valence-electron chi connectivity index (χ3n) is 4.46. The van der Waals surface area contributed by atoms with Crippen LogP contribution in [0.5, 0.6) is 0 Å². The molecule has 1 unspecified atom stereocenters. The van der Waals surface area contributed by atoms with E-state index in [0.29, 0.717) is 12.6 Å². The van der Waals surface area contributed by atoms with Gasteiger partial charge < -0.3 is 37.0 Å². The van der Waals surface area contributed by atoms with E-state index in [-0.39, 0.29) is 0 Å². The molecule has 8 nitrogen and oxygen atoms in total. The Morgan fingerprint density at radius 2 is 1.15 bits per heavy atom. The highest BCUT2D eigenvalue weighted by Crippen LogP contribution is 2.21. The van der Waals surface area contributed by atoms with E-state index < -0.39 is 17.6 Å². The Morgan fingerprint density at radius 3 is 1.50 bits per heavy atom. The zero-order valence-corrected chi connectivity index (χ0v) is 19.4. The van der Waals surface area contributed by atoms with E-state index in [2.05, 4.69) is 0 Å². The number of nitrogens with two attached hydrogens (primary N) is 1. The minimum Gasteiger partial charge on any atom is -0.377 e. The van der Waals surface area contributed by atoms with Gasteiger partial charge in [0.05, 0.1) is 12.7 Å². The van der Waals surface area contributed by atoms with Crippen molar-refractivity contribution < 1.29 is 31.3 Å². The van der Waals surface area contributed by atoms with Crippen LogP contribution in [0.1, 0.15) is 32.1 Å². The summed E-state index contributed by atoms with van der Waals surface area (Å²) in [4.78, 5) is 0. The summed E-state index contributed by atoms with van der Waals surface area (Å²) in [6.07, 6.45) is 6.16. The van der Waals surface area contributed by atoms with Gasteiger partial charge in [-0.2, -0.15) is 0 Å². The van der Waals surface area contributed by atoms with Gasteiger partial charge in [0.25, 0.3) is 0 Å². The van der Waals surface area contributed by atoms with Gasteiger partial charge in [0.15, 0.2) is 0 Å². The molecule has 2 N–H and O–H groups in total. The Kier molecular flexibility index (Phi) is 15.2. The van der Waals surface area contributed by atoms with Gasteiger partial charge in [-0.3, -0.25) is 0 Å². The number of epoxide rings is 1. The summed E-state index contributed by atoms with van der Waals surface area (Å²) in [5.74, 6) is 0. The average Bonchev–Trinajstić information content (AvgIpc) is 3.52. The Balaban J connectivity index is 0.000000508. The lowest BCUT2D eigenvalue weighted by molar-refractivity contribution is 0.122. The smallest absolute Gasteiger partial charge is 0.377 e. The molecule has 26 heavy (non-hydrogen) atoms. The molecule has 0 aromatic carbocycles. The lowest BCUT2D eigenvalue weighted by Crippen LogP contribution is -2.42. The van der Waals surface area contributed by atoms with E-state index in [0.717, 1.165) is 31.5 Å². The molecular weight excluding hydrogens is 374 g/mol. The second-order valence-electron chi connectivity index (χ2n) is 6.04. The second kappa shape index (κ2) is 15.1. The molecule has 1 fully saturated rings. The number of hydrogen-bond acceptors (Lipinski definition) is 8. The summed E-state index contributed by atoms with van der Waals surface area (Å²) in [6.45, 7) is 1.61. The molecule has 0 radical (unpaired) electrons. The molecule has 0 aliphatic carbocycles. The van der Waals surface area contributed by atoms with Gasteiger partial charge in [-0.1, -0.05) is 12.8 Å². The second-order valence-corrected chi connectivity index (χ2v) is 12.2. The molecule has 0 aromatic heterocycles. The number of rotatable bonds is 15. The third kappa shape index (κ3) is 10.4. The molecule has 0 saturated carbocycles. The van der Waals surface area contributed by atoms with E-state index in [4.69, 9.17) is 37.0 Å². The van der Waals surface area contributed by atoms with Crippen LogP contribution in [0, 0.1) is 0 Å². The lowest BCUT2D eigenvalue weighted by atomic mass is 10.2. The fourth-order valence-electron chi connectivity index (χ4n) is 2.56. The molecule has 1 heterocycles. The van der Waals surface area contributed by atoms with Crippen LogP contribution in [0.25, 0.3) is 0 Å². The van der Waals surface area contributed by atoms with Crippen LogP contribution in [0.2, 0.25) is 12.1 Å². The largest absolute Gasteiger partial charge is 0.500 e. The summed E-state index contributed by atoms with van der Waals surface area (Å²) in [5, 5.41) is 0. The van der Waals surface area contributed by atoms with Gasteiger partial charge in [-0.05, 0) is 25.8 Å². The highest BCUT2D eigenvalue weighted by molar-refractivity contribution is 6.60. The normalized spacial score (nSPS) is 17.0. The van der Waals surface area contributed by atoms with E-state index in [1.54, 1.807) is 42.7 Å². The highest BCUT2D eigenvalue weighted by Gasteiger charge is 2.37. The third-order valence-corrected chi connectivity index (χ3v) is 10.1. The SMILES string of the molecule is CO[Si](CCCCCC1CO1)(OC)OC.CO[Si](CCCN)(OC)OC. The Bertz CT molecular complexity index is 311. The first-order valence-electron chi connectivity index (χ1n) is 9.13. The van der Waals surface area contributed by atoms with Gasteiger partial charge in [-0.25, -0.2) is 0 Å². The Morgan fingerprint density at radius 1 is 0.731 bits per heavy atom. The minimum atomic E-state index is -2.32. The van der Waals surface area contributed by atoms with E-state index >= 15 is 0 Å². The zero-order valence-electron chi connectivity index (χ0n) is 17.4. The first kappa shape index (κ1) is 26.1. The summed E-state index contributed by atoms with van der Waals surface area (Å²) in [6, 6.07) is 1.69. The summed E-state index contributed by atoms with van der Waals surface area (Å²) in [7, 11) is 5.18. The summed E-state index contributed by atoms with van der Waals surface area (Å²) < 4.78 is 36.7. The lowest BCUT2D eigenvalue weighted by Gasteiger charge is -2.24. The molecule has 158 valence electrons. The monoisotopic (exact) mass is 413 g/mol. The number of ether oxygens (including phenoxy) is 1. The van der Waals surface area contributed by atoms with Crippen molar-refractivity contribution in [1.29, 1.82) is 0 Å². The van der Waals surface area contributed by atoms with Crippen molar-refractivity contribution in [2.24, 2.45) is 5.73 Å². The molecule has 10 heteroatoms. The van der Waals surface area contributed by atoms with Crippen LogP contribution >= 0.6 is 0 Å². The van der Waals surface area contributed by atoms with Crippen molar-refractivity contribution in [3.05, 3.63) is 0 Å². The maximum atomic E-state index is 5.36. The Hall–Kier alpha value is 0.114. The first-order chi connectivity index (χ1) is 12.5.